The number of rotatable bonds is 8. The summed E-state index contributed by atoms with van der Waals surface area (Å²) in [7, 11) is 0. The molecule has 0 amide bonds. The van der Waals surface area contributed by atoms with Crippen LogP contribution < -0.4 is 10.1 Å². The Morgan fingerprint density at radius 3 is 2.30 bits per heavy atom. The molecule has 2 rings (SSSR count). The summed E-state index contributed by atoms with van der Waals surface area (Å²) in [5.41, 5.74) is 1.82. The Bertz CT molecular complexity index is 581. The van der Waals surface area contributed by atoms with Gasteiger partial charge in [-0.05, 0) is 41.3 Å². The van der Waals surface area contributed by atoms with Gasteiger partial charge in [-0.15, -0.1) is 0 Å². The van der Waals surface area contributed by atoms with E-state index in [1.54, 1.807) is 12.1 Å². The molecule has 0 radical (unpaired) electrons. The SMILES string of the molecule is CC(C)COc1ccc(CNCC(O)c2ccc(F)cc2)cc1. The molecule has 0 saturated heterocycles. The van der Waals surface area contributed by atoms with Crippen LogP contribution in [0.5, 0.6) is 5.75 Å². The lowest BCUT2D eigenvalue weighted by molar-refractivity contribution is 0.174. The van der Waals surface area contributed by atoms with Gasteiger partial charge in [-0.2, -0.15) is 0 Å². The molecular weight excluding hydrogens is 293 g/mol. The largest absolute Gasteiger partial charge is 0.493 e. The van der Waals surface area contributed by atoms with E-state index in [4.69, 9.17) is 4.74 Å². The van der Waals surface area contributed by atoms with E-state index in [1.165, 1.54) is 12.1 Å². The summed E-state index contributed by atoms with van der Waals surface area (Å²) in [5.74, 6) is 1.08. The van der Waals surface area contributed by atoms with Gasteiger partial charge < -0.3 is 15.2 Å². The van der Waals surface area contributed by atoms with Crippen LogP contribution in [-0.4, -0.2) is 18.3 Å². The van der Waals surface area contributed by atoms with E-state index >= 15 is 0 Å². The van der Waals surface area contributed by atoms with Crippen molar-refractivity contribution in [2.24, 2.45) is 5.92 Å². The van der Waals surface area contributed by atoms with E-state index in [1.807, 2.05) is 24.3 Å². The average Bonchev–Trinajstić information content (AvgIpc) is 2.54. The number of aliphatic hydroxyl groups is 1. The standard InChI is InChI=1S/C19H24FNO2/c1-14(2)13-23-18-9-3-15(4-10-18)11-21-12-19(22)16-5-7-17(20)8-6-16/h3-10,14,19,21-22H,11-13H2,1-2H3. The number of ether oxygens (including phenoxy) is 1. The maximum absolute atomic E-state index is 12.8. The molecular formula is C19H24FNO2. The number of hydrogen-bond acceptors (Lipinski definition) is 3. The third-order valence-electron chi connectivity index (χ3n) is 3.43. The summed E-state index contributed by atoms with van der Waals surface area (Å²) in [4.78, 5) is 0. The van der Waals surface area contributed by atoms with Crippen molar-refractivity contribution in [1.29, 1.82) is 0 Å². The Morgan fingerprint density at radius 2 is 1.70 bits per heavy atom. The number of hydrogen-bond donors (Lipinski definition) is 2. The van der Waals surface area contributed by atoms with Gasteiger partial charge in [-0.25, -0.2) is 4.39 Å². The molecule has 0 aromatic heterocycles. The molecule has 4 heteroatoms. The van der Waals surface area contributed by atoms with Crippen LogP contribution in [-0.2, 0) is 6.54 Å². The zero-order chi connectivity index (χ0) is 16.7. The van der Waals surface area contributed by atoms with Gasteiger partial charge in [0.2, 0.25) is 0 Å². The van der Waals surface area contributed by atoms with Crippen LogP contribution in [0, 0.1) is 11.7 Å². The number of benzene rings is 2. The Labute approximate surface area is 137 Å². The van der Waals surface area contributed by atoms with Gasteiger partial charge in [0.1, 0.15) is 11.6 Å². The monoisotopic (exact) mass is 317 g/mol. The van der Waals surface area contributed by atoms with E-state index in [0.29, 0.717) is 31.2 Å². The van der Waals surface area contributed by atoms with Crippen molar-refractivity contribution < 1.29 is 14.2 Å². The highest BCUT2D eigenvalue weighted by atomic mass is 19.1. The van der Waals surface area contributed by atoms with Crippen LogP contribution in [0.2, 0.25) is 0 Å². The zero-order valence-corrected chi connectivity index (χ0v) is 13.6. The minimum absolute atomic E-state index is 0.298. The van der Waals surface area contributed by atoms with Crippen LogP contribution in [0.15, 0.2) is 48.5 Å². The first kappa shape index (κ1) is 17.4. The maximum Gasteiger partial charge on any atom is 0.123 e. The van der Waals surface area contributed by atoms with Gasteiger partial charge >= 0.3 is 0 Å². The van der Waals surface area contributed by atoms with E-state index < -0.39 is 6.10 Å². The molecule has 0 heterocycles. The van der Waals surface area contributed by atoms with Crippen LogP contribution in [0.25, 0.3) is 0 Å². The normalized spacial score (nSPS) is 12.4. The summed E-state index contributed by atoms with van der Waals surface area (Å²) in [6.45, 7) is 6.01. The van der Waals surface area contributed by atoms with Crippen LogP contribution in [0.4, 0.5) is 4.39 Å². The van der Waals surface area contributed by atoms with Crippen molar-refractivity contribution in [3.05, 3.63) is 65.5 Å². The summed E-state index contributed by atoms with van der Waals surface area (Å²) in [5, 5.41) is 13.3. The highest BCUT2D eigenvalue weighted by Gasteiger charge is 2.07. The van der Waals surface area contributed by atoms with Gasteiger partial charge in [0.15, 0.2) is 0 Å². The molecule has 0 aliphatic carbocycles. The predicted molar refractivity (Wildman–Crippen MR) is 89.8 cm³/mol. The fourth-order valence-electron chi connectivity index (χ4n) is 2.12. The van der Waals surface area contributed by atoms with Gasteiger partial charge in [0.25, 0.3) is 0 Å². The number of nitrogens with one attached hydrogen (secondary N) is 1. The molecule has 0 bridgehead atoms. The third-order valence-corrected chi connectivity index (χ3v) is 3.43. The topological polar surface area (TPSA) is 41.5 Å². The summed E-state index contributed by atoms with van der Waals surface area (Å²) < 4.78 is 18.5. The third kappa shape index (κ3) is 6.00. The molecule has 0 spiro atoms. The summed E-state index contributed by atoms with van der Waals surface area (Å²) in [6.07, 6.45) is -0.649. The average molecular weight is 317 g/mol. The predicted octanol–water partition coefficient (Wildman–Crippen LogP) is 3.68. The van der Waals surface area contributed by atoms with E-state index in [0.717, 1.165) is 11.3 Å². The Hall–Kier alpha value is -1.91. The number of halogens is 1. The Kier molecular flexibility index (Phi) is 6.56. The van der Waals surface area contributed by atoms with Gasteiger partial charge in [0.05, 0.1) is 12.7 Å². The van der Waals surface area contributed by atoms with Crippen LogP contribution in [0.3, 0.4) is 0 Å². The van der Waals surface area contributed by atoms with Gasteiger partial charge in [-0.3, -0.25) is 0 Å². The number of aliphatic hydroxyl groups excluding tert-OH is 1. The van der Waals surface area contributed by atoms with Crippen molar-refractivity contribution >= 4 is 0 Å². The van der Waals surface area contributed by atoms with E-state index in [2.05, 4.69) is 19.2 Å². The van der Waals surface area contributed by atoms with Gasteiger partial charge in [0, 0.05) is 13.1 Å². The lowest BCUT2D eigenvalue weighted by Crippen LogP contribution is -2.21. The molecule has 2 aromatic rings. The molecule has 0 aliphatic heterocycles. The van der Waals surface area contributed by atoms with Crippen molar-refractivity contribution in [3.63, 3.8) is 0 Å². The quantitative estimate of drug-likeness (QED) is 0.780. The minimum Gasteiger partial charge on any atom is -0.493 e. The first-order valence-corrected chi connectivity index (χ1v) is 7.90. The fraction of sp³-hybridized carbons (Fsp3) is 0.368. The zero-order valence-electron chi connectivity index (χ0n) is 13.6. The second-order valence-corrected chi connectivity index (χ2v) is 6.05. The summed E-state index contributed by atoms with van der Waals surface area (Å²) >= 11 is 0. The van der Waals surface area contributed by atoms with E-state index in [-0.39, 0.29) is 5.82 Å². The van der Waals surface area contributed by atoms with Gasteiger partial charge in [-0.1, -0.05) is 38.1 Å². The first-order chi connectivity index (χ1) is 11.0. The molecule has 1 atom stereocenters. The smallest absolute Gasteiger partial charge is 0.123 e. The van der Waals surface area contributed by atoms with Crippen molar-refractivity contribution in [2.45, 2.75) is 26.5 Å². The summed E-state index contributed by atoms with van der Waals surface area (Å²) in [6, 6.07) is 13.8. The molecule has 0 aliphatic rings. The second kappa shape index (κ2) is 8.65. The van der Waals surface area contributed by atoms with E-state index in [9.17, 15) is 9.50 Å². The van der Waals surface area contributed by atoms with Crippen molar-refractivity contribution in [3.8, 4) is 5.75 Å². The van der Waals surface area contributed by atoms with Crippen molar-refractivity contribution in [2.75, 3.05) is 13.2 Å². The molecule has 3 nitrogen and oxygen atoms in total. The highest BCUT2D eigenvalue weighted by molar-refractivity contribution is 5.27. The molecule has 23 heavy (non-hydrogen) atoms. The molecule has 2 N–H and O–H groups in total. The molecule has 2 aromatic carbocycles. The van der Waals surface area contributed by atoms with Crippen LogP contribution >= 0.6 is 0 Å². The lowest BCUT2D eigenvalue weighted by atomic mass is 10.1. The molecule has 1 unspecified atom stereocenters. The highest BCUT2D eigenvalue weighted by Crippen LogP contribution is 2.15. The lowest BCUT2D eigenvalue weighted by Gasteiger charge is -2.13. The second-order valence-electron chi connectivity index (χ2n) is 6.05. The fourth-order valence-corrected chi connectivity index (χ4v) is 2.12. The van der Waals surface area contributed by atoms with Crippen LogP contribution in [0.1, 0.15) is 31.1 Å². The Morgan fingerprint density at radius 1 is 1.04 bits per heavy atom. The Balaban J connectivity index is 1.76. The maximum atomic E-state index is 12.8. The molecule has 0 saturated carbocycles. The van der Waals surface area contributed by atoms with Crippen molar-refractivity contribution in [1.82, 2.24) is 5.32 Å². The minimum atomic E-state index is -0.649. The first-order valence-electron chi connectivity index (χ1n) is 7.90. The molecule has 0 fully saturated rings. The molecule has 124 valence electrons.